The number of aromatic nitrogens is 3. The first kappa shape index (κ1) is 8.45. The summed E-state index contributed by atoms with van der Waals surface area (Å²) in [5.74, 6) is 0. The van der Waals surface area contributed by atoms with Crippen LogP contribution in [0.15, 0.2) is 35.3 Å². The Kier molecular flexibility index (Phi) is 3.56. The first-order valence-corrected chi connectivity index (χ1v) is 3.32. The monoisotopic (exact) mass is 169 g/mol. The second-order valence-electron chi connectivity index (χ2n) is 1.89. The molecule has 0 unspecified atom stereocenters. The standard InChI is InChI=1S/C4H4FNO.C3H4N2/c5-3-4-1-2-7-6-4;1-2-4-5-3-1/h1-2H,3H2;1-3H,(H,4,5). The summed E-state index contributed by atoms with van der Waals surface area (Å²) >= 11 is 0. The van der Waals surface area contributed by atoms with E-state index in [4.69, 9.17) is 0 Å². The van der Waals surface area contributed by atoms with Crippen molar-refractivity contribution in [2.24, 2.45) is 0 Å². The van der Waals surface area contributed by atoms with Crippen molar-refractivity contribution in [1.82, 2.24) is 15.4 Å². The van der Waals surface area contributed by atoms with Crippen LogP contribution in [-0.2, 0) is 6.67 Å². The van der Waals surface area contributed by atoms with Crippen molar-refractivity contribution in [3.05, 3.63) is 36.5 Å². The van der Waals surface area contributed by atoms with Crippen molar-refractivity contribution in [1.29, 1.82) is 0 Å². The molecule has 2 rings (SSSR count). The Balaban J connectivity index is 0.000000127. The Morgan fingerprint density at radius 1 is 1.58 bits per heavy atom. The zero-order chi connectivity index (χ0) is 8.65. The highest BCUT2D eigenvalue weighted by molar-refractivity contribution is 4.91. The quantitative estimate of drug-likeness (QED) is 0.704. The number of rotatable bonds is 1. The number of nitrogens with one attached hydrogen (secondary N) is 1. The van der Waals surface area contributed by atoms with Gasteiger partial charge in [-0.3, -0.25) is 5.10 Å². The van der Waals surface area contributed by atoms with Crippen molar-refractivity contribution in [2.75, 3.05) is 0 Å². The largest absolute Gasteiger partial charge is 0.364 e. The van der Waals surface area contributed by atoms with Crippen molar-refractivity contribution in [3.8, 4) is 0 Å². The Morgan fingerprint density at radius 3 is 2.75 bits per heavy atom. The second kappa shape index (κ2) is 5.06. The van der Waals surface area contributed by atoms with E-state index in [1.54, 1.807) is 12.4 Å². The summed E-state index contributed by atoms with van der Waals surface area (Å²) in [6, 6.07) is 3.32. The van der Waals surface area contributed by atoms with Crippen LogP contribution >= 0.6 is 0 Å². The molecule has 0 atom stereocenters. The molecule has 64 valence electrons. The van der Waals surface area contributed by atoms with Gasteiger partial charge in [-0.05, 0) is 6.07 Å². The molecule has 2 aromatic rings. The molecule has 4 nitrogen and oxygen atoms in total. The summed E-state index contributed by atoms with van der Waals surface area (Å²) in [4.78, 5) is 0. The number of halogens is 1. The van der Waals surface area contributed by atoms with E-state index in [0.29, 0.717) is 5.69 Å². The number of alkyl halides is 1. The van der Waals surface area contributed by atoms with Gasteiger partial charge in [-0.1, -0.05) is 5.16 Å². The van der Waals surface area contributed by atoms with E-state index in [1.165, 1.54) is 12.3 Å². The number of hydrogen-bond acceptors (Lipinski definition) is 3. The molecule has 0 bridgehead atoms. The zero-order valence-electron chi connectivity index (χ0n) is 6.27. The van der Waals surface area contributed by atoms with Crippen LogP contribution in [0.25, 0.3) is 0 Å². The average Bonchev–Trinajstić information content (AvgIpc) is 2.81. The van der Waals surface area contributed by atoms with Gasteiger partial charge in [0, 0.05) is 18.5 Å². The van der Waals surface area contributed by atoms with Gasteiger partial charge in [0.05, 0.1) is 0 Å². The summed E-state index contributed by atoms with van der Waals surface area (Å²) < 4.78 is 15.8. The predicted octanol–water partition coefficient (Wildman–Crippen LogP) is 1.55. The maximum Gasteiger partial charge on any atom is 0.135 e. The molecule has 0 aliphatic heterocycles. The molecule has 12 heavy (non-hydrogen) atoms. The maximum absolute atomic E-state index is 11.4. The highest BCUT2D eigenvalue weighted by atomic mass is 19.1. The first-order valence-electron chi connectivity index (χ1n) is 3.32. The molecule has 0 aliphatic rings. The maximum atomic E-state index is 11.4. The third-order valence-corrected chi connectivity index (χ3v) is 1.03. The molecular formula is C7H8FN3O. The molecule has 0 amide bonds. The third kappa shape index (κ3) is 2.96. The Morgan fingerprint density at radius 2 is 2.50 bits per heavy atom. The molecule has 0 radical (unpaired) electrons. The van der Waals surface area contributed by atoms with Crippen LogP contribution in [0.2, 0.25) is 0 Å². The minimum absolute atomic E-state index is 0.347. The average molecular weight is 169 g/mol. The molecule has 5 heteroatoms. The number of H-pyrrole nitrogens is 1. The number of hydrogen-bond donors (Lipinski definition) is 1. The normalized spacial score (nSPS) is 8.75. The van der Waals surface area contributed by atoms with Crippen molar-refractivity contribution in [3.63, 3.8) is 0 Å². The Hall–Kier alpha value is -1.65. The molecule has 0 fully saturated rings. The zero-order valence-corrected chi connectivity index (χ0v) is 6.27. The summed E-state index contributed by atoms with van der Waals surface area (Å²) in [5.41, 5.74) is 0.347. The summed E-state index contributed by atoms with van der Waals surface area (Å²) in [6.45, 7) is -0.545. The predicted molar refractivity (Wildman–Crippen MR) is 39.9 cm³/mol. The Labute approximate surface area is 68.4 Å². The van der Waals surface area contributed by atoms with Crippen LogP contribution in [0.3, 0.4) is 0 Å². The number of nitrogens with zero attached hydrogens (tertiary/aromatic N) is 2. The lowest BCUT2D eigenvalue weighted by Crippen LogP contribution is -1.71. The van der Waals surface area contributed by atoms with Crippen LogP contribution in [-0.4, -0.2) is 15.4 Å². The van der Waals surface area contributed by atoms with Crippen LogP contribution in [0.1, 0.15) is 5.69 Å². The smallest absolute Gasteiger partial charge is 0.135 e. The van der Waals surface area contributed by atoms with E-state index in [2.05, 4.69) is 19.9 Å². The van der Waals surface area contributed by atoms with Crippen LogP contribution < -0.4 is 0 Å². The van der Waals surface area contributed by atoms with Crippen LogP contribution in [0.5, 0.6) is 0 Å². The lowest BCUT2D eigenvalue weighted by atomic mass is 10.5. The molecule has 2 heterocycles. The van der Waals surface area contributed by atoms with Gasteiger partial charge >= 0.3 is 0 Å². The minimum Gasteiger partial charge on any atom is -0.364 e. The molecule has 0 aliphatic carbocycles. The van der Waals surface area contributed by atoms with E-state index in [0.717, 1.165) is 0 Å². The molecule has 0 saturated heterocycles. The lowest BCUT2D eigenvalue weighted by molar-refractivity contribution is 0.388. The Bertz CT molecular complexity index is 249. The summed E-state index contributed by atoms with van der Waals surface area (Å²) in [6.07, 6.45) is 4.80. The van der Waals surface area contributed by atoms with E-state index in [-0.39, 0.29) is 0 Å². The summed E-state index contributed by atoms with van der Waals surface area (Å²) in [5, 5.41) is 9.49. The second-order valence-corrected chi connectivity index (χ2v) is 1.89. The summed E-state index contributed by atoms with van der Waals surface area (Å²) in [7, 11) is 0. The van der Waals surface area contributed by atoms with Gasteiger partial charge in [-0.25, -0.2) is 4.39 Å². The van der Waals surface area contributed by atoms with E-state index >= 15 is 0 Å². The van der Waals surface area contributed by atoms with Crippen LogP contribution in [0.4, 0.5) is 4.39 Å². The van der Waals surface area contributed by atoms with Gasteiger partial charge in [0.1, 0.15) is 18.6 Å². The number of aromatic amines is 1. The van der Waals surface area contributed by atoms with Crippen molar-refractivity contribution >= 4 is 0 Å². The highest BCUT2D eigenvalue weighted by Gasteiger charge is 1.89. The fourth-order valence-electron chi connectivity index (χ4n) is 0.522. The van der Waals surface area contributed by atoms with Crippen LogP contribution in [0, 0.1) is 0 Å². The van der Waals surface area contributed by atoms with Crippen molar-refractivity contribution in [2.45, 2.75) is 6.67 Å². The van der Waals surface area contributed by atoms with Gasteiger partial charge in [-0.2, -0.15) is 5.10 Å². The molecule has 0 aromatic carbocycles. The molecule has 2 aromatic heterocycles. The van der Waals surface area contributed by atoms with E-state index in [1.807, 2.05) is 6.07 Å². The topological polar surface area (TPSA) is 54.7 Å². The fraction of sp³-hybridized carbons (Fsp3) is 0.143. The lowest BCUT2D eigenvalue weighted by Gasteiger charge is -1.71. The van der Waals surface area contributed by atoms with E-state index in [9.17, 15) is 4.39 Å². The van der Waals surface area contributed by atoms with Gasteiger partial charge in [0.2, 0.25) is 0 Å². The fourth-order valence-corrected chi connectivity index (χ4v) is 0.522. The van der Waals surface area contributed by atoms with Gasteiger partial charge in [0.15, 0.2) is 0 Å². The van der Waals surface area contributed by atoms with Gasteiger partial charge in [-0.15, -0.1) is 0 Å². The first-order chi connectivity index (χ1) is 5.93. The van der Waals surface area contributed by atoms with Gasteiger partial charge in [0.25, 0.3) is 0 Å². The van der Waals surface area contributed by atoms with E-state index < -0.39 is 6.67 Å². The molecule has 0 spiro atoms. The highest BCUT2D eigenvalue weighted by Crippen LogP contribution is 1.93. The molecule has 1 N–H and O–H groups in total. The third-order valence-electron chi connectivity index (χ3n) is 1.03. The van der Waals surface area contributed by atoms with Crippen molar-refractivity contribution < 1.29 is 8.91 Å². The van der Waals surface area contributed by atoms with Gasteiger partial charge < -0.3 is 4.52 Å². The molecular weight excluding hydrogens is 161 g/mol. The molecule has 0 saturated carbocycles. The minimum atomic E-state index is -0.545. The SMILES string of the molecule is FCc1ccon1.c1cn[nH]c1.